The van der Waals surface area contributed by atoms with Crippen molar-refractivity contribution in [3.63, 3.8) is 0 Å². The quantitative estimate of drug-likeness (QED) is 0.838. The molecule has 1 aromatic heterocycles. The molecule has 94 valence electrons. The molecule has 0 fully saturated rings. The highest BCUT2D eigenvalue weighted by Crippen LogP contribution is 2.26. The summed E-state index contributed by atoms with van der Waals surface area (Å²) in [5.74, 6) is 0. The molecular weight excluding hydrogens is 226 g/mol. The van der Waals surface area contributed by atoms with Crippen molar-refractivity contribution in [1.82, 2.24) is 15.1 Å². The number of benzene rings is 1. The molecule has 0 saturated carbocycles. The average molecular weight is 243 g/mol. The third-order valence-electron chi connectivity index (χ3n) is 2.89. The van der Waals surface area contributed by atoms with E-state index < -0.39 is 0 Å². The van der Waals surface area contributed by atoms with Crippen LogP contribution in [-0.4, -0.2) is 35.5 Å². The van der Waals surface area contributed by atoms with Crippen LogP contribution in [0, 0.1) is 6.92 Å². The first-order chi connectivity index (χ1) is 8.63. The molecule has 1 aromatic carbocycles. The van der Waals surface area contributed by atoms with Crippen molar-refractivity contribution in [2.24, 2.45) is 0 Å². The molecule has 0 unspecified atom stereocenters. The van der Waals surface area contributed by atoms with Gasteiger partial charge >= 0.3 is 0 Å². The number of nitrogens with one attached hydrogen (secondary N) is 1. The molecule has 0 atom stereocenters. The number of carbonyl (C=O) groups excluding carboxylic acids is 1. The second-order valence-electron chi connectivity index (χ2n) is 4.61. The fourth-order valence-electron chi connectivity index (χ4n) is 2.03. The van der Waals surface area contributed by atoms with Gasteiger partial charge in [0.05, 0.1) is 17.0 Å². The summed E-state index contributed by atoms with van der Waals surface area (Å²) in [6.07, 6.45) is 0.862. The topological polar surface area (TPSA) is 49.0 Å². The van der Waals surface area contributed by atoms with Gasteiger partial charge in [0.25, 0.3) is 0 Å². The Morgan fingerprint density at radius 1 is 1.33 bits per heavy atom. The van der Waals surface area contributed by atoms with Crippen LogP contribution in [0.2, 0.25) is 0 Å². The van der Waals surface area contributed by atoms with Gasteiger partial charge in [-0.3, -0.25) is 9.89 Å². The zero-order valence-corrected chi connectivity index (χ0v) is 10.9. The van der Waals surface area contributed by atoms with Gasteiger partial charge in [-0.2, -0.15) is 5.10 Å². The van der Waals surface area contributed by atoms with Crippen LogP contribution in [0.15, 0.2) is 24.3 Å². The fraction of sp³-hybridized carbons (Fsp3) is 0.286. The lowest BCUT2D eigenvalue weighted by atomic mass is 10.0. The second-order valence-corrected chi connectivity index (χ2v) is 4.61. The first-order valence-corrected chi connectivity index (χ1v) is 5.86. The maximum absolute atomic E-state index is 11.1. The number of hydrogen-bond donors (Lipinski definition) is 1. The first kappa shape index (κ1) is 12.5. The van der Waals surface area contributed by atoms with Crippen LogP contribution < -0.4 is 0 Å². The van der Waals surface area contributed by atoms with Crippen molar-refractivity contribution in [2.75, 3.05) is 14.1 Å². The molecule has 0 aliphatic heterocycles. The normalized spacial score (nSPS) is 10.9. The molecule has 2 aromatic rings. The summed E-state index contributed by atoms with van der Waals surface area (Å²) < 4.78 is 0. The highest BCUT2D eigenvalue weighted by atomic mass is 16.1. The molecular formula is C14H17N3O. The number of nitrogens with zero attached hydrogens (tertiary/aromatic N) is 2. The number of aromatic amines is 1. The van der Waals surface area contributed by atoms with E-state index in [2.05, 4.69) is 21.2 Å². The van der Waals surface area contributed by atoms with Crippen molar-refractivity contribution < 1.29 is 4.79 Å². The van der Waals surface area contributed by atoms with E-state index in [9.17, 15) is 4.79 Å². The van der Waals surface area contributed by atoms with Gasteiger partial charge in [0.2, 0.25) is 0 Å². The second kappa shape index (κ2) is 5.14. The lowest BCUT2D eigenvalue weighted by molar-refractivity contribution is 0.112. The molecule has 0 bridgehead atoms. The van der Waals surface area contributed by atoms with E-state index in [1.165, 1.54) is 5.56 Å². The Balaban J connectivity index is 2.53. The molecule has 0 aliphatic rings. The maximum Gasteiger partial charge on any atom is 0.154 e. The molecule has 1 N–H and O–H groups in total. The van der Waals surface area contributed by atoms with Crippen molar-refractivity contribution in [3.8, 4) is 11.3 Å². The summed E-state index contributed by atoms with van der Waals surface area (Å²) in [7, 11) is 4.05. The predicted molar refractivity (Wildman–Crippen MR) is 71.5 cm³/mol. The van der Waals surface area contributed by atoms with Crippen LogP contribution >= 0.6 is 0 Å². The van der Waals surface area contributed by atoms with Gasteiger partial charge in [-0.05, 0) is 26.6 Å². The van der Waals surface area contributed by atoms with Crippen molar-refractivity contribution in [2.45, 2.75) is 13.5 Å². The predicted octanol–water partition coefficient (Wildman–Crippen LogP) is 2.26. The first-order valence-electron chi connectivity index (χ1n) is 5.86. The zero-order chi connectivity index (χ0) is 13.1. The third kappa shape index (κ3) is 2.33. The minimum Gasteiger partial charge on any atom is -0.305 e. The van der Waals surface area contributed by atoms with Crippen LogP contribution in [-0.2, 0) is 6.54 Å². The van der Waals surface area contributed by atoms with E-state index in [0.717, 1.165) is 29.8 Å². The van der Waals surface area contributed by atoms with Crippen LogP contribution in [0.3, 0.4) is 0 Å². The van der Waals surface area contributed by atoms with E-state index in [4.69, 9.17) is 0 Å². The largest absolute Gasteiger partial charge is 0.305 e. The molecule has 2 rings (SSSR count). The number of aldehydes is 1. The lowest BCUT2D eigenvalue weighted by Crippen LogP contribution is -2.11. The van der Waals surface area contributed by atoms with Gasteiger partial charge in [-0.15, -0.1) is 0 Å². The number of aromatic nitrogens is 2. The molecule has 4 heteroatoms. The minimum atomic E-state index is 0.640. The summed E-state index contributed by atoms with van der Waals surface area (Å²) in [4.78, 5) is 13.2. The van der Waals surface area contributed by atoms with Gasteiger partial charge in [-0.1, -0.05) is 24.3 Å². The van der Waals surface area contributed by atoms with Gasteiger partial charge in [0.1, 0.15) is 0 Å². The SMILES string of the molecule is Cc1n[nH]c(-c2ccccc2CN(C)C)c1C=O. The highest BCUT2D eigenvalue weighted by molar-refractivity contribution is 5.87. The van der Waals surface area contributed by atoms with Gasteiger partial charge in [0, 0.05) is 12.1 Å². The monoisotopic (exact) mass is 243 g/mol. The number of hydrogen-bond acceptors (Lipinski definition) is 3. The van der Waals surface area contributed by atoms with Crippen molar-refractivity contribution >= 4 is 6.29 Å². The summed E-state index contributed by atoms with van der Waals surface area (Å²) in [5.41, 5.74) is 4.39. The van der Waals surface area contributed by atoms with E-state index in [-0.39, 0.29) is 0 Å². The van der Waals surface area contributed by atoms with E-state index in [1.54, 1.807) is 0 Å². The third-order valence-corrected chi connectivity index (χ3v) is 2.89. The van der Waals surface area contributed by atoms with Crippen LogP contribution in [0.25, 0.3) is 11.3 Å². The Bertz CT molecular complexity index is 558. The lowest BCUT2D eigenvalue weighted by Gasteiger charge is -2.13. The molecule has 0 spiro atoms. The summed E-state index contributed by atoms with van der Waals surface area (Å²) in [6, 6.07) is 8.06. The Hall–Kier alpha value is -1.94. The molecule has 1 heterocycles. The molecule has 0 saturated heterocycles. The van der Waals surface area contributed by atoms with Gasteiger partial charge < -0.3 is 4.90 Å². The van der Waals surface area contributed by atoms with Crippen LogP contribution in [0.1, 0.15) is 21.6 Å². The van der Waals surface area contributed by atoms with Gasteiger partial charge in [-0.25, -0.2) is 0 Å². The molecule has 0 radical (unpaired) electrons. The standard InChI is InChI=1S/C14H17N3O/c1-10-13(9-18)14(16-15-10)12-7-5-4-6-11(12)8-17(2)3/h4-7,9H,8H2,1-3H3,(H,15,16). The van der Waals surface area contributed by atoms with E-state index >= 15 is 0 Å². The molecule has 18 heavy (non-hydrogen) atoms. The van der Waals surface area contributed by atoms with Crippen LogP contribution in [0.5, 0.6) is 0 Å². The van der Waals surface area contributed by atoms with Crippen LogP contribution in [0.4, 0.5) is 0 Å². The Kier molecular flexibility index (Phi) is 3.58. The minimum absolute atomic E-state index is 0.640. The number of carbonyl (C=O) groups is 1. The van der Waals surface area contributed by atoms with E-state index in [0.29, 0.717) is 5.56 Å². The number of rotatable bonds is 4. The smallest absolute Gasteiger partial charge is 0.154 e. The fourth-order valence-corrected chi connectivity index (χ4v) is 2.03. The Morgan fingerprint density at radius 2 is 2.06 bits per heavy atom. The summed E-state index contributed by atoms with van der Waals surface area (Å²) in [5, 5.41) is 7.07. The molecule has 0 aliphatic carbocycles. The maximum atomic E-state index is 11.1. The van der Waals surface area contributed by atoms with Gasteiger partial charge in [0.15, 0.2) is 6.29 Å². The molecule has 0 amide bonds. The summed E-state index contributed by atoms with van der Waals surface area (Å²) in [6.45, 7) is 2.66. The highest BCUT2D eigenvalue weighted by Gasteiger charge is 2.14. The van der Waals surface area contributed by atoms with E-state index in [1.807, 2.05) is 39.2 Å². The molecule has 4 nitrogen and oxygen atoms in total. The van der Waals surface area contributed by atoms with Crippen molar-refractivity contribution in [3.05, 3.63) is 41.1 Å². The number of H-pyrrole nitrogens is 1. The van der Waals surface area contributed by atoms with Crippen molar-refractivity contribution in [1.29, 1.82) is 0 Å². The Labute approximate surface area is 107 Å². The Morgan fingerprint density at radius 3 is 2.72 bits per heavy atom. The summed E-state index contributed by atoms with van der Waals surface area (Å²) >= 11 is 0. The average Bonchev–Trinajstić information content (AvgIpc) is 2.70. The zero-order valence-electron chi connectivity index (χ0n) is 10.9. The number of aryl methyl sites for hydroxylation is 1.